The molecule has 1 aliphatic carbocycles. The summed E-state index contributed by atoms with van der Waals surface area (Å²) in [5.41, 5.74) is 9.57. The maximum atomic E-state index is 11.5. The van der Waals surface area contributed by atoms with E-state index in [1.807, 2.05) is 6.92 Å². The zero-order chi connectivity index (χ0) is 25.5. The van der Waals surface area contributed by atoms with E-state index in [9.17, 15) is 4.79 Å². The first-order valence-electron chi connectivity index (χ1n) is 14.1. The lowest BCUT2D eigenvalue weighted by molar-refractivity contribution is -0.120. The summed E-state index contributed by atoms with van der Waals surface area (Å²) in [6.07, 6.45) is 10.8. The smallest absolute Gasteiger partial charge is 0.132 e. The fourth-order valence-electron chi connectivity index (χ4n) is 5.81. The van der Waals surface area contributed by atoms with Crippen molar-refractivity contribution in [3.05, 3.63) is 94.5 Å². The van der Waals surface area contributed by atoms with Gasteiger partial charge in [0.1, 0.15) is 5.78 Å². The van der Waals surface area contributed by atoms with Gasteiger partial charge in [0.2, 0.25) is 0 Å². The highest BCUT2D eigenvalue weighted by atomic mass is 16.1. The van der Waals surface area contributed by atoms with E-state index in [0.29, 0.717) is 5.78 Å². The van der Waals surface area contributed by atoms with Gasteiger partial charge in [0.15, 0.2) is 0 Å². The maximum Gasteiger partial charge on any atom is 0.132 e. The first-order valence-corrected chi connectivity index (χ1v) is 14.1. The van der Waals surface area contributed by atoms with Gasteiger partial charge in [0.05, 0.1) is 0 Å². The number of aryl methyl sites for hydroxylation is 2. The van der Waals surface area contributed by atoms with Gasteiger partial charge in [-0.2, -0.15) is 0 Å². The monoisotopic (exact) mass is 480 g/mol. The minimum atomic E-state index is 0.171. The van der Waals surface area contributed by atoms with E-state index in [4.69, 9.17) is 0 Å². The molecule has 0 aliphatic heterocycles. The molecule has 3 aromatic carbocycles. The summed E-state index contributed by atoms with van der Waals surface area (Å²) in [7, 11) is 0. The first-order chi connectivity index (χ1) is 17.4. The van der Waals surface area contributed by atoms with Crippen molar-refractivity contribution >= 4 is 5.78 Å². The van der Waals surface area contributed by atoms with Crippen LogP contribution in [-0.4, -0.2) is 5.78 Å². The number of carbonyl (C=O) groups is 1. The largest absolute Gasteiger partial charge is 0.300 e. The Morgan fingerprint density at radius 1 is 0.833 bits per heavy atom. The number of hydrogen-bond acceptors (Lipinski definition) is 1. The number of benzene rings is 3. The topological polar surface area (TPSA) is 17.1 Å². The second kappa shape index (κ2) is 12.5. The van der Waals surface area contributed by atoms with Crippen molar-refractivity contribution in [2.24, 2.45) is 17.8 Å². The van der Waals surface area contributed by atoms with Crippen LogP contribution in [-0.2, 0) is 24.1 Å². The van der Waals surface area contributed by atoms with Gasteiger partial charge >= 0.3 is 0 Å². The zero-order valence-electron chi connectivity index (χ0n) is 22.9. The highest BCUT2D eigenvalue weighted by molar-refractivity contribution is 5.77. The predicted molar refractivity (Wildman–Crippen MR) is 153 cm³/mol. The van der Waals surface area contributed by atoms with Gasteiger partial charge in [0, 0.05) is 5.92 Å². The Labute approximate surface area is 219 Å². The number of Topliss-reactive ketones (excluding diaryl/α,β-unsaturated/α-hetero) is 1. The Bertz CT molecular complexity index is 1130. The van der Waals surface area contributed by atoms with E-state index >= 15 is 0 Å². The minimum Gasteiger partial charge on any atom is -0.300 e. The van der Waals surface area contributed by atoms with Crippen LogP contribution in [0.15, 0.2) is 66.7 Å². The predicted octanol–water partition coefficient (Wildman–Crippen LogP) is 9.17. The van der Waals surface area contributed by atoms with Crippen LogP contribution in [0.25, 0.3) is 11.1 Å². The van der Waals surface area contributed by atoms with E-state index < -0.39 is 0 Å². The van der Waals surface area contributed by atoms with Crippen molar-refractivity contribution in [1.82, 2.24) is 0 Å². The van der Waals surface area contributed by atoms with E-state index in [-0.39, 0.29) is 5.92 Å². The van der Waals surface area contributed by atoms with Crippen molar-refractivity contribution in [2.45, 2.75) is 85.5 Å². The molecule has 1 aliphatic rings. The maximum absolute atomic E-state index is 11.5. The number of rotatable bonds is 10. The van der Waals surface area contributed by atoms with Gasteiger partial charge in [-0.05, 0) is 104 Å². The molecule has 0 heterocycles. The van der Waals surface area contributed by atoms with Crippen molar-refractivity contribution in [3.63, 3.8) is 0 Å². The van der Waals surface area contributed by atoms with Gasteiger partial charge in [-0.3, -0.25) is 4.79 Å². The Hall–Kier alpha value is -2.67. The highest BCUT2D eigenvalue weighted by Crippen LogP contribution is 2.31. The quantitative estimate of drug-likeness (QED) is 0.283. The van der Waals surface area contributed by atoms with Crippen LogP contribution in [0.5, 0.6) is 0 Å². The van der Waals surface area contributed by atoms with Crippen LogP contribution in [0.4, 0.5) is 0 Å². The molecule has 0 N–H and O–H groups in total. The third-order valence-electron chi connectivity index (χ3n) is 8.28. The summed E-state index contributed by atoms with van der Waals surface area (Å²) >= 11 is 0. The molecule has 1 nitrogen and oxygen atoms in total. The van der Waals surface area contributed by atoms with Crippen LogP contribution < -0.4 is 0 Å². The van der Waals surface area contributed by atoms with Gasteiger partial charge in [-0.25, -0.2) is 0 Å². The Morgan fingerprint density at radius 3 is 2.28 bits per heavy atom. The summed E-state index contributed by atoms with van der Waals surface area (Å²) in [6.45, 7) is 8.34. The number of hydrogen-bond donors (Lipinski definition) is 0. The van der Waals surface area contributed by atoms with Gasteiger partial charge in [-0.1, -0.05) is 99.0 Å². The highest BCUT2D eigenvalue weighted by Gasteiger charge is 2.18. The van der Waals surface area contributed by atoms with Gasteiger partial charge < -0.3 is 0 Å². The average molecular weight is 481 g/mol. The Balaban J connectivity index is 1.37. The standard InChI is InChI=1S/C35H44O/c1-25-11-13-29(14-12-25)21-32-9-6-10-35(24-32)34-17-15-30(16-18-34)22-33-20-26(2)19-31(23-33)8-5-7-27(3)28(4)36/h6,9-10,15-20,23-25,27,29H,5,7-8,11-14,21-22H2,1-4H3. The molecular weight excluding hydrogens is 436 g/mol. The lowest BCUT2D eigenvalue weighted by atomic mass is 9.80. The molecule has 3 aromatic rings. The fourth-order valence-corrected chi connectivity index (χ4v) is 5.81. The normalized spacial score (nSPS) is 18.7. The SMILES string of the molecule is CC(=O)C(C)CCCc1cc(C)cc(Cc2ccc(-c3cccc(CC4CCC(C)CC4)c3)cc2)c1. The van der Waals surface area contributed by atoms with Crippen LogP contribution in [0.2, 0.25) is 0 Å². The summed E-state index contributed by atoms with van der Waals surface area (Å²) in [4.78, 5) is 11.5. The molecule has 0 amide bonds. The molecule has 0 spiro atoms. The molecule has 36 heavy (non-hydrogen) atoms. The third kappa shape index (κ3) is 7.66. The zero-order valence-corrected chi connectivity index (χ0v) is 22.9. The lowest BCUT2D eigenvalue weighted by Gasteiger charge is -2.26. The molecule has 4 rings (SSSR count). The van der Waals surface area contributed by atoms with E-state index in [0.717, 1.165) is 37.5 Å². The van der Waals surface area contributed by atoms with E-state index in [1.54, 1.807) is 6.92 Å². The minimum absolute atomic E-state index is 0.171. The summed E-state index contributed by atoms with van der Waals surface area (Å²) in [5, 5.41) is 0. The van der Waals surface area contributed by atoms with Crippen LogP contribution in [0.1, 0.15) is 87.1 Å². The molecule has 1 heteroatoms. The Kier molecular flexibility index (Phi) is 9.19. The van der Waals surface area contributed by atoms with Crippen LogP contribution in [0, 0.1) is 24.7 Å². The number of carbonyl (C=O) groups excluding carboxylic acids is 1. The lowest BCUT2D eigenvalue weighted by Crippen LogP contribution is -2.14. The molecule has 1 fully saturated rings. The third-order valence-corrected chi connectivity index (χ3v) is 8.28. The van der Waals surface area contributed by atoms with Crippen LogP contribution in [0.3, 0.4) is 0 Å². The molecule has 0 bridgehead atoms. The molecule has 190 valence electrons. The van der Waals surface area contributed by atoms with Gasteiger partial charge in [0.25, 0.3) is 0 Å². The van der Waals surface area contributed by atoms with E-state index in [2.05, 4.69) is 80.6 Å². The second-order valence-corrected chi connectivity index (χ2v) is 11.6. The van der Waals surface area contributed by atoms with Crippen molar-refractivity contribution < 1.29 is 4.79 Å². The second-order valence-electron chi connectivity index (χ2n) is 11.6. The Morgan fingerprint density at radius 2 is 1.56 bits per heavy atom. The average Bonchev–Trinajstić information content (AvgIpc) is 2.86. The molecule has 1 saturated carbocycles. The van der Waals surface area contributed by atoms with E-state index in [1.165, 1.54) is 71.0 Å². The molecule has 0 radical (unpaired) electrons. The summed E-state index contributed by atoms with van der Waals surface area (Å²) in [6, 6.07) is 25.3. The van der Waals surface area contributed by atoms with Gasteiger partial charge in [-0.15, -0.1) is 0 Å². The van der Waals surface area contributed by atoms with Crippen molar-refractivity contribution in [2.75, 3.05) is 0 Å². The first kappa shape index (κ1) is 26.4. The molecular formula is C35H44O. The summed E-state index contributed by atoms with van der Waals surface area (Å²) in [5.74, 6) is 2.24. The molecule has 1 unspecified atom stereocenters. The number of ketones is 1. The fraction of sp³-hybridized carbons (Fsp3) is 0.457. The van der Waals surface area contributed by atoms with Crippen molar-refractivity contribution in [3.8, 4) is 11.1 Å². The van der Waals surface area contributed by atoms with Crippen LogP contribution >= 0.6 is 0 Å². The molecule has 0 saturated heterocycles. The molecule has 0 aromatic heterocycles. The molecule has 1 atom stereocenters. The summed E-state index contributed by atoms with van der Waals surface area (Å²) < 4.78 is 0. The van der Waals surface area contributed by atoms with Crippen molar-refractivity contribution in [1.29, 1.82) is 0 Å².